The predicted molar refractivity (Wildman–Crippen MR) is 89.8 cm³/mol. The van der Waals surface area contributed by atoms with Crippen molar-refractivity contribution in [2.24, 2.45) is 0 Å². The van der Waals surface area contributed by atoms with Crippen LogP contribution >= 0.6 is 0 Å². The lowest BCUT2D eigenvalue weighted by Gasteiger charge is -2.09. The van der Waals surface area contributed by atoms with Crippen LogP contribution in [0.2, 0.25) is 0 Å². The maximum Gasteiger partial charge on any atom is 0.297 e. The second-order valence-electron chi connectivity index (χ2n) is 5.74. The van der Waals surface area contributed by atoms with Gasteiger partial charge < -0.3 is 10.2 Å². The van der Waals surface area contributed by atoms with Crippen molar-refractivity contribution in [2.75, 3.05) is 13.2 Å². The van der Waals surface area contributed by atoms with Gasteiger partial charge in [0, 0.05) is 0 Å². The number of benzene rings is 1. The van der Waals surface area contributed by atoms with Crippen LogP contribution in [0.4, 0.5) is 0 Å². The standard InChI is InChI=1S/C17H28O5S/c1-2-3-4-5-6-7-8-15-9-11-17(12-10-15)23(20,21)22-14-16(19)13-18/h9-12,16,18-19H,2-8,13-14H2,1H3. The first kappa shape index (κ1) is 20.1. The number of unbranched alkanes of at least 4 members (excludes halogenated alkanes) is 5. The van der Waals surface area contributed by atoms with E-state index in [0.717, 1.165) is 18.4 Å². The van der Waals surface area contributed by atoms with Gasteiger partial charge in [0.25, 0.3) is 10.1 Å². The molecule has 0 heterocycles. The van der Waals surface area contributed by atoms with Crippen LogP contribution in [0.3, 0.4) is 0 Å². The molecule has 1 aromatic carbocycles. The fourth-order valence-corrected chi connectivity index (χ4v) is 3.16. The smallest absolute Gasteiger partial charge is 0.297 e. The number of hydrogen-bond donors (Lipinski definition) is 2. The molecule has 0 aliphatic heterocycles. The van der Waals surface area contributed by atoms with Gasteiger partial charge in [0.2, 0.25) is 0 Å². The molecule has 2 N–H and O–H groups in total. The lowest BCUT2D eigenvalue weighted by atomic mass is 10.1. The highest BCUT2D eigenvalue weighted by Crippen LogP contribution is 2.16. The Hall–Kier alpha value is -0.950. The molecular weight excluding hydrogens is 316 g/mol. The Morgan fingerprint density at radius 3 is 2.26 bits per heavy atom. The van der Waals surface area contributed by atoms with Crippen molar-refractivity contribution in [1.82, 2.24) is 0 Å². The molecule has 0 aliphatic carbocycles. The molecule has 1 rings (SSSR count). The van der Waals surface area contributed by atoms with Crippen LogP contribution in [-0.4, -0.2) is 37.9 Å². The molecule has 1 unspecified atom stereocenters. The molecular formula is C17H28O5S. The molecule has 0 saturated carbocycles. The van der Waals surface area contributed by atoms with Gasteiger partial charge in [0.15, 0.2) is 0 Å². The maximum absolute atomic E-state index is 11.9. The van der Waals surface area contributed by atoms with Crippen molar-refractivity contribution in [3.63, 3.8) is 0 Å². The molecule has 23 heavy (non-hydrogen) atoms. The topological polar surface area (TPSA) is 83.8 Å². The molecule has 0 radical (unpaired) electrons. The summed E-state index contributed by atoms with van der Waals surface area (Å²) in [6.45, 7) is 1.22. The molecule has 132 valence electrons. The molecule has 1 aromatic rings. The van der Waals surface area contributed by atoms with E-state index in [2.05, 4.69) is 6.92 Å². The van der Waals surface area contributed by atoms with E-state index in [-0.39, 0.29) is 4.90 Å². The van der Waals surface area contributed by atoms with E-state index in [1.165, 1.54) is 44.2 Å². The molecule has 0 amide bonds. The van der Waals surface area contributed by atoms with Gasteiger partial charge >= 0.3 is 0 Å². The molecule has 0 saturated heterocycles. The second-order valence-corrected chi connectivity index (χ2v) is 7.35. The molecule has 0 fully saturated rings. The van der Waals surface area contributed by atoms with Crippen LogP contribution in [-0.2, 0) is 20.7 Å². The average molecular weight is 344 g/mol. The summed E-state index contributed by atoms with van der Waals surface area (Å²) >= 11 is 0. The van der Waals surface area contributed by atoms with E-state index in [1.54, 1.807) is 12.1 Å². The molecule has 0 aliphatic rings. The van der Waals surface area contributed by atoms with Crippen LogP contribution in [0.5, 0.6) is 0 Å². The summed E-state index contributed by atoms with van der Waals surface area (Å²) in [6, 6.07) is 6.63. The maximum atomic E-state index is 11.9. The minimum atomic E-state index is -3.89. The summed E-state index contributed by atoms with van der Waals surface area (Å²) in [6.07, 6.45) is 7.11. The summed E-state index contributed by atoms with van der Waals surface area (Å²) in [7, 11) is -3.89. The number of hydrogen-bond acceptors (Lipinski definition) is 5. The van der Waals surface area contributed by atoms with Crippen LogP contribution < -0.4 is 0 Å². The fraction of sp³-hybridized carbons (Fsp3) is 0.647. The second kappa shape index (κ2) is 10.8. The largest absolute Gasteiger partial charge is 0.394 e. The molecule has 0 aromatic heterocycles. The van der Waals surface area contributed by atoms with Gasteiger partial charge in [-0.1, -0.05) is 51.2 Å². The van der Waals surface area contributed by atoms with E-state index < -0.39 is 29.4 Å². The van der Waals surface area contributed by atoms with Crippen molar-refractivity contribution < 1.29 is 22.8 Å². The zero-order valence-corrected chi connectivity index (χ0v) is 14.6. The first-order valence-corrected chi connectivity index (χ1v) is 9.67. The summed E-state index contributed by atoms with van der Waals surface area (Å²) in [5, 5.41) is 17.8. The Morgan fingerprint density at radius 2 is 1.65 bits per heavy atom. The van der Waals surface area contributed by atoms with Crippen LogP contribution in [0.15, 0.2) is 29.2 Å². The van der Waals surface area contributed by atoms with Gasteiger partial charge in [-0.2, -0.15) is 8.42 Å². The van der Waals surface area contributed by atoms with Gasteiger partial charge in [-0.3, -0.25) is 4.18 Å². The van der Waals surface area contributed by atoms with Crippen molar-refractivity contribution in [3.05, 3.63) is 29.8 Å². The molecule has 0 bridgehead atoms. The lowest BCUT2D eigenvalue weighted by molar-refractivity contribution is 0.0557. The van der Waals surface area contributed by atoms with Crippen LogP contribution in [0, 0.1) is 0 Å². The molecule has 1 atom stereocenters. The summed E-state index contributed by atoms with van der Waals surface area (Å²) in [4.78, 5) is 0.0642. The van der Waals surface area contributed by atoms with E-state index in [4.69, 9.17) is 14.4 Å². The summed E-state index contributed by atoms with van der Waals surface area (Å²) < 4.78 is 28.5. The quantitative estimate of drug-likeness (QED) is 0.450. The summed E-state index contributed by atoms with van der Waals surface area (Å²) in [5.41, 5.74) is 1.11. The van der Waals surface area contributed by atoms with E-state index in [0.29, 0.717) is 0 Å². The van der Waals surface area contributed by atoms with Crippen molar-refractivity contribution in [1.29, 1.82) is 0 Å². The van der Waals surface area contributed by atoms with Crippen molar-refractivity contribution in [2.45, 2.75) is 62.9 Å². The van der Waals surface area contributed by atoms with Gasteiger partial charge in [-0.05, 0) is 30.5 Å². The Labute approximate surface area is 139 Å². The first-order valence-electron chi connectivity index (χ1n) is 8.27. The van der Waals surface area contributed by atoms with Gasteiger partial charge in [-0.15, -0.1) is 0 Å². The van der Waals surface area contributed by atoms with E-state index >= 15 is 0 Å². The van der Waals surface area contributed by atoms with E-state index in [1.807, 2.05) is 0 Å². The molecule has 5 nitrogen and oxygen atoms in total. The summed E-state index contributed by atoms with van der Waals surface area (Å²) in [5.74, 6) is 0. The zero-order chi connectivity index (χ0) is 17.1. The minimum Gasteiger partial charge on any atom is -0.394 e. The van der Waals surface area contributed by atoms with Gasteiger partial charge in [-0.25, -0.2) is 0 Å². The third kappa shape index (κ3) is 7.92. The Kier molecular flexibility index (Phi) is 9.40. The SMILES string of the molecule is CCCCCCCCc1ccc(S(=O)(=O)OCC(O)CO)cc1. The first-order chi connectivity index (χ1) is 11.0. The third-order valence-electron chi connectivity index (χ3n) is 3.66. The monoisotopic (exact) mass is 344 g/mol. The molecule has 0 spiro atoms. The normalized spacial score (nSPS) is 13.2. The van der Waals surface area contributed by atoms with Crippen LogP contribution in [0.25, 0.3) is 0 Å². The van der Waals surface area contributed by atoms with Crippen molar-refractivity contribution in [3.8, 4) is 0 Å². The number of aliphatic hydroxyl groups excluding tert-OH is 2. The number of aliphatic hydroxyl groups is 2. The zero-order valence-electron chi connectivity index (χ0n) is 13.8. The minimum absolute atomic E-state index is 0.0642. The molecule has 6 heteroatoms. The lowest BCUT2D eigenvalue weighted by Crippen LogP contribution is -2.22. The Balaban J connectivity index is 2.43. The Morgan fingerprint density at radius 1 is 1.04 bits per heavy atom. The van der Waals surface area contributed by atoms with Crippen LogP contribution in [0.1, 0.15) is 51.0 Å². The van der Waals surface area contributed by atoms with Gasteiger partial charge in [0.05, 0.1) is 18.1 Å². The third-order valence-corrected chi connectivity index (χ3v) is 4.95. The number of aryl methyl sites for hydroxylation is 1. The van der Waals surface area contributed by atoms with E-state index in [9.17, 15) is 8.42 Å². The average Bonchev–Trinajstić information content (AvgIpc) is 2.56. The van der Waals surface area contributed by atoms with Gasteiger partial charge in [0.1, 0.15) is 6.10 Å². The fourth-order valence-electron chi connectivity index (χ4n) is 2.22. The Bertz CT molecular complexity index is 524. The predicted octanol–water partition coefficient (Wildman–Crippen LogP) is 2.65. The highest BCUT2D eigenvalue weighted by Gasteiger charge is 2.17. The number of rotatable bonds is 12. The highest BCUT2D eigenvalue weighted by atomic mass is 32.2. The van der Waals surface area contributed by atoms with Crippen molar-refractivity contribution >= 4 is 10.1 Å². The highest BCUT2D eigenvalue weighted by molar-refractivity contribution is 7.86.